The van der Waals surface area contributed by atoms with Crippen LogP contribution in [0.5, 0.6) is 0 Å². The van der Waals surface area contributed by atoms with Crippen LogP contribution in [0.25, 0.3) is 54.9 Å². The van der Waals surface area contributed by atoms with Gasteiger partial charge in [-0.15, -0.1) is 0 Å². The SMILES string of the molecule is Cc1ccc(-c2c3ccccc3c(-c3ccc(N(c4ccccc4)c4ccc(-c5ccc(N(c6ccccc6)c6ccccc6)cc5)cc4)cc3)c3ccccc23)cc1. The molecule has 10 rings (SSSR count). The van der Waals surface area contributed by atoms with E-state index in [2.05, 4.69) is 253 Å². The van der Waals surface area contributed by atoms with Crippen LogP contribution in [0.1, 0.15) is 5.56 Å². The van der Waals surface area contributed by atoms with Crippen LogP contribution in [0.4, 0.5) is 34.1 Å². The third-order valence-electron chi connectivity index (χ3n) is 11.3. The maximum absolute atomic E-state index is 2.34. The molecular formula is C57H42N2. The number of benzene rings is 10. The molecule has 0 N–H and O–H groups in total. The van der Waals surface area contributed by atoms with Gasteiger partial charge >= 0.3 is 0 Å². The van der Waals surface area contributed by atoms with Crippen molar-refractivity contribution in [2.45, 2.75) is 6.92 Å². The summed E-state index contributed by atoms with van der Waals surface area (Å²) >= 11 is 0. The molecule has 0 aromatic heterocycles. The molecule has 0 saturated heterocycles. The fourth-order valence-corrected chi connectivity index (χ4v) is 8.48. The van der Waals surface area contributed by atoms with Gasteiger partial charge in [-0.25, -0.2) is 0 Å². The highest BCUT2D eigenvalue weighted by molar-refractivity contribution is 6.21. The summed E-state index contributed by atoms with van der Waals surface area (Å²) < 4.78 is 0. The van der Waals surface area contributed by atoms with Crippen LogP contribution in [0.2, 0.25) is 0 Å². The van der Waals surface area contributed by atoms with E-state index < -0.39 is 0 Å². The molecule has 10 aromatic rings. The van der Waals surface area contributed by atoms with Crippen LogP contribution < -0.4 is 9.80 Å². The van der Waals surface area contributed by atoms with E-state index in [9.17, 15) is 0 Å². The summed E-state index contributed by atoms with van der Waals surface area (Å²) in [6, 6.07) is 85.3. The van der Waals surface area contributed by atoms with E-state index >= 15 is 0 Å². The number of rotatable bonds is 9. The van der Waals surface area contributed by atoms with Gasteiger partial charge in [0, 0.05) is 34.1 Å². The van der Waals surface area contributed by atoms with Crippen molar-refractivity contribution in [3.05, 3.63) is 242 Å². The third kappa shape index (κ3) is 6.92. The Bertz CT molecular complexity index is 2900. The number of fused-ring (bicyclic) bond motifs is 2. The zero-order valence-corrected chi connectivity index (χ0v) is 32.9. The molecule has 0 spiro atoms. The Labute approximate surface area is 346 Å². The van der Waals surface area contributed by atoms with Crippen molar-refractivity contribution < 1.29 is 0 Å². The molecule has 0 fully saturated rings. The number of nitrogens with zero attached hydrogens (tertiary/aromatic N) is 2. The minimum Gasteiger partial charge on any atom is -0.311 e. The fourth-order valence-electron chi connectivity index (χ4n) is 8.48. The standard InChI is InChI=1S/C57H42N2/c1-41-25-27-44(28-26-41)56-52-21-11-13-23-54(52)57(55-24-14-12-22-53(55)56)45-33-39-51(40-34-45)59(48-19-9-4-10-20-48)50-37-31-43(32-38-50)42-29-35-49(36-30-42)58(46-15-5-2-6-16-46)47-17-7-3-8-18-47/h2-40H,1H3. The van der Waals surface area contributed by atoms with Crippen molar-refractivity contribution in [3.63, 3.8) is 0 Å². The van der Waals surface area contributed by atoms with Gasteiger partial charge in [-0.2, -0.15) is 0 Å². The summed E-state index contributed by atoms with van der Waals surface area (Å²) in [4.78, 5) is 4.63. The van der Waals surface area contributed by atoms with E-state index in [4.69, 9.17) is 0 Å². The maximum Gasteiger partial charge on any atom is 0.0462 e. The fraction of sp³-hybridized carbons (Fsp3) is 0.0175. The molecule has 0 unspecified atom stereocenters. The Morgan fingerprint density at radius 1 is 0.220 bits per heavy atom. The molecule has 0 atom stereocenters. The summed E-state index contributed by atoms with van der Waals surface area (Å²) in [7, 11) is 0. The molecule has 0 bridgehead atoms. The Morgan fingerprint density at radius 3 is 0.763 bits per heavy atom. The Balaban J connectivity index is 0.998. The van der Waals surface area contributed by atoms with Crippen molar-refractivity contribution in [2.24, 2.45) is 0 Å². The first-order valence-electron chi connectivity index (χ1n) is 20.3. The molecule has 10 aromatic carbocycles. The predicted molar refractivity (Wildman–Crippen MR) is 252 cm³/mol. The van der Waals surface area contributed by atoms with Gasteiger partial charge in [0.05, 0.1) is 0 Å². The first-order valence-corrected chi connectivity index (χ1v) is 20.3. The number of anilines is 6. The van der Waals surface area contributed by atoms with E-state index in [0.29, 0.717) is 0 Å². The summed E-state index contributed by atoms with van der Waals surface area (Å²) in [5.74, 6) is 0. The highest BCUT2D eigenvalue weighted by Crippen LogP contribution is 2.45. The molecule has 280 valence electrons. The highest BCUT2D eigenvalue weighted by Gasteiger charge is 2.18. The molecule has 0 aliphatic carbocycles. The second-order valence-electron chi connectivity index (χ2n) is 15.0. The molecule has 0 heterocycles. The number of para-hydroxylation sites is 3. The van der Waals surface area contributed by atoms with Gasteiger partial charge in [0.15, 0.2) is 0 Å². The number of hydrogen-bond donors (Lipinski definition) is 0. The van der Waals surface area contributed by atoms with E-state index in [-0.39, 0.29) is 0 Å². The minimum absolute atomic E-state index is 1.10. The van der Waals surface area contributed by atoms with E-state index in [0.717, 1.165) is 34.1 Å². The maximum atomic E-state index is 2.34. The van der Waals surface area contributed by atoms with Crippen molar-refractivity contribution in [1.29, 1.82) is 0 Å². The normalized spacial score (nSPS) is 11.1. The lowest BCUT2D eigenvalue weighted by Gasteiger charge is -2.26. The topological polar surface area (TPSA) is 6.48 Å². The van der Waals surface area contributed by atoms with E-state index in [1.807, 2.05) is 0 Å². The molecule has 0 amide bonds. The lowest BCUT2D eigenvalue weighted by molar-refractivity contribution is 1.28. The first kappa shape index (κ1) is 35.7. The Kier molecular flexibility index (Phi) is 9.50. The van der Waals surface area contributed by atoms with Crippen LogP contribution in [0.3, 0.4) is 0 Å². The van der Waals surface area contributed by atoms with Crippen LogP contribution in [0, 0.1) is 6.92 Å². The average molecular weight is 755 g/mol. The van der Waals surface area contributed by atoms with Crippen molar-refractivity contribution in [1.82, 2.24) is 0 Å². The predicted octanol–water partition coefficient (Wildman–Crippen LogP) is 16.2. The largest absolute Gasteiger partial charge is 0.311 e. The molecule has 0 saturated carbocycles. The quantitative estimate of drug-likeness (QED) is 0.135. The van der Waals surface area contributed by atoms with Crippen molar-refractivity contribution in [3.8, 4) is 33.4 Å². The molecule has 0 aliphatic rings. The van der Waals surface area contributed by atoms with Gasteiger partial charge in [0.25, 0.3) is 0 Å². The average Bonchev–Trinajstić information content (AvgIpc) is 3.31. The minimum atomic E-state index is 1.10. The van der Waals surface area contributed by atoms with Gasteiger partial charge < -0.3 is 9.80 Å². The monoisotopic (exact) mass is 754 g/mol. The van der Waals surface area contributed by atoms with Crippen molar-refractivity contribution in [2.75, 3.05) is 9.80 Å². The van der Waals surface area contributed by atoms with Gasteiger partial charge in [0.2, 0.25) is 0 Å². The zero-order chi connectivity index (χ0) is 39.5. The van der Waals surface area contributed by atoms with E-state index in [1.165, 1.54) is 60.5 Å². The molecule has 0 aliphatic heterocycles. The smallest absolute Gasteiger partial charge is 0.0462 e. The zero-order valence-electron chi connectivity index (χ0n) is 32.9. The highest BCUT2D eigenvalue weighted by atomic mass is 15.1. The summed E-state index contributed by atoms with van der Waals surface area (Å²) in [5, 5.41) is 5.04. The van der Waals surface area contributed by atoms with Gasteiger partial charge in [-0.3, -0.25) is 0 Å². The third-order valence-corrected chi connectivity index (χ3v) is 11.3. The van der Waals surface area contributed by atoms with Crippen LogP contribution >= 0.6 is 0 Å². The first-order chi connectivity index (χ1) is 29.2. The molecular weight excluding hydrogens is 713 g/mol. The van der Waals surface area contributed by atoms with Gasteiger partial charge in [-0.05, 0) is 135 Å². The second-order valence-corrected chi connectivity index (χ2v) is 15.0. The lowest BCUT2D eigenvalue weighted by atomic mass is 9.86. The Hall–Kier alpha value is -7.68. The van der Waals surface area contributed by atoms with Gasteiger partial charge in [0.1, 0.15) is 0 Å². The Morgan fingerprint density at radius 2 is 0.458 bits per heavy atom. The summed E-state index contributed by atoms with van der Waals surface area (Å²) in [5.41, 5.74) is 15.3. The molecule has 0 radical (unpaired) electrons. The second kappa shape index (κ2) is 15.7. The number of hydrogen-bond acceptors (Lipinski definition) is 2. The van der Waals surface area contributed by atoms with Gasteiger partial charge in [-0.1, -0.05) is 169 Å². The van der Waals surface area contributed by atoms with Crippen LogP contribution in [-0.4, -0.2) is 0 Å². The molecule has 59 heavy (non-hydrogen) atoms. The van der Waals surface area contributed by atoms with E-state index in [1.54, 1.807) is 0 Å². The molecule has 2 nitrogen and oxygen atoms in total. The molecule has 2 heteroatoms. The van der Waals surface area contributed by atoms with Crippen LogP contribution in [0.15, 0.2) is 237 Å². The number of aryl methyl sites for hydroxylation is 1. The van der Waals surface area contributed by atoms with Crippen molar-refractivity contribution >= 4 is 55.7 Å². The van der Waals surface area contributed by atoms with Crippen LogP contribution in [-0.2, 0) is 0 Å². The summed E-state index contributed by atoms with van der Waals surface area (Å²) in [6.07, 6.45) is 0. The summed E-state index contributed by atoms with van der Waals surface area (Å²) in [6.45, 7) is 2.15. The lowest BCUT2D eigenvalue weighted by Crippen LogP contribution is -2.09.